The van der Waals surface area contributed by atoms with Gasteiger partial charge < -0.3 is 4.42 Å². The van der Waals surface area contributed by atoms with Crippen LogP contribution < -0.4 is 10.6 Å². The minimum Gasteiger partial charge on any atom is -0.450 e. The number of hydrogen-bond donors (Lipinski definition) is 2. The predicted molar refractivity (Wildman–Crippen MR) is 141 cm³/mol. The summed E-state index contributed by atoms with van der Waals surface area (Å²) in [4.78, 5) is 35.3. The van der Waals surface area contributed by atoms with Gasteiger partial charge in [0.15, 0.2) is 5.09 Å². The summed E-state index contributed by atoms with van der Waals surface area (Å²) in [6, 6.07) is 26.8. The van der Waals surface area contributed by atoms with Gasteiger partial charge in [-0.25, -0.2) is 4.79 Å². The van der Waals surface area contributed by atoms with Crippen molar-refractivity contribution in [1.82, 2.24) is 25.4 Å². The summed E-state index contributed by atoms with van der Waals surface area (Å²) in [5, 5.41) is 16.5. The van der Waals surface area contributed by atoms with Crippen LogP contribution in [0.25, 0.3) is 22.5 Å². The van der Waals surface area contributed by atoms with Crippen LogP contribution in [0.5, 0.6) is 0 Å². The molecule has 2 N–H and O–H groups in total. The molecule has 1 aliphatic heterocycles. The average Bonchev–Trinajstić information content (AvgIpc) is 3.53. The van der Waals surface area contributed by atoms with E-state index in [-0.39, 0.29) is 11.3 Å². The zero-order chi connectivity index (χ0) is 26.1. The van der Waals surface area contributed by atoms with Crippen molar-refractivity contribution in [3.63, 3.8) is 0 Å². The minimum atomic E-state index is -0.854. The lowest BCUT2D eigenvalue weighted by atomic mass is 10.0. The number of furan rings is 1. The molecular formula is C28H19N5O4S. The van der Waals surface area contributed by atoms with E-state index >= 15 is 0 Å². The van der Waals surface area contributed by atoms with Gasteiger partial charge in [0.25, 0.3) is 11.8 Å². The van der Waals surface area contributed by atoms with E-state index in [0.717, 1.165) is 27.8 Å². The Bertz CT molecular complexity index is 1710. The minimum absolute atomic E-state index is 0.222. The molecule has 38 heavy (non-hydrogen) atoms. The Labute approximate surface area is 220 Å². The highest BCUT2D eigenvalue weighted by atomic mass is 32.2. The van der Waals surface area contributed by atoms with Crippen molar-refractivity contribution in [3.8, 4) is 5.69 Å². The highest BCUT2D eigenvalue weighted by molar-refractivity contribution is 7.99. The summed E-state index contributed by atoms with van der Waals surface area (Å²) < 4.78 is 7.84. The molecule has 6 rings (SSSR count). The topological polar surface area (TPSA) is 119 Å². The standard InChI is InChI=1S/C28H19N5O4S/c34-25-22(26(35)30-27(36)29-25)16-20-13-14-24(37-20)38-28-32-31-23(33(28)19-10-2-1-3-11-19)15-18-9-6-8-17-7-4-5-12-21(17)18/h1-14,16H,15H2,(H2,29,30,34,35,36). The number of amides is 4. The van der Waals surface area contributed by atoms with Gasteiger partial charge in [0.2, 0.25) is 5.16 Å². The summed E-state index contributed by atoms with van der Waals surface area (Å²) in [7, 11) is 0. The maximum absolute atomic E-state index is 12.0. The molecular weight excluding hydrogens is 502 g/mol. The van der Waals surface area contributed by atoms with Crippen molar-refractivity contribution in [1.29, 1.82) is 0 Å². The molecule has 0 bridgehead atoms. The molecule has 1 aliphatic rings. The van der Waals surface area contributed by atoms with Crippen molar-refractivity contribution in [2.45, 2.75) is 16.7 Å². The second kappa shape index (κ2) is 9.83. The number of rotatable bonds is 6. The Hall–Kier alpha value is -4.96. The molecule has 3 heterocycles. The summed E-state index contributed by atoms with van der Waals surface area (Å²) in [5.74, 6) is -0.523. The summed E-state index contributed by atoms with van der Waals surface area (Å²) in [6.45, 7) is 0. The van der Waals surface area contributed by atoms with Gasteiger partial charge in [0.05, 0.1) is 0 Å². The number of fused-ring (bicyclic) bond motifs is 1. The smallest absolute Gasteiger partial charge is 0.328 e. The van der Waals surface area contributed by atoms with E-state index in [1.54, 1.807) is 12.1 Å². The first-order valence-corrected chi connectivity index (χ1v) is 12.5. The molecule has 0 unspecified atom stereocenters. The third-order valence-electron chi connectivity index (χ3n) is 5.97. The molecule has 0 spiro atoms. The number of nitrogens with one attached hydrogen (secondary N) is 2. The zero-order valence-electron chi connectivity index (χ0n) is 19.8. The normalized spacial score (nSPS) is 13.5. The Morgan fingerprint density at radius 2 is 1.55 bits per heavy atom. The van der Waals surface area contributed by atoms with E-state index in [4.69, 9.17) is 4.42 Å². The van der Waals surface area contributed by atoms with Crippen LogP contribution >= 0.6 is 11.8 Å². The van der Waals surface area contributed by atoms with Gasteiger partial charge >= 0.3 is 6.03 Å². The maximum Gasteiger partial charge on any atom is 0.328 e. The lowest BCUT2D eigenvalue weighted by Gasteiger charge is -2.13. The van der Waals surface area contributed by atoms with Gasteiger partial charge in [0, 0.05) is 12.1 Å². The van der Waals surface area contributed by atoms with Crippen LogP contribution in [0.2, 0.25) is 0 Å². The number of carbonyl (C=O) groups is 3. The molecule has 0 saturated carbocycles. The second-order valence-corrected chi connectivity index (χ2v) is 9.41. The number of para-hydroxylation sites is 1. The lowest BCUT2D eigenvalue weighted by molar-refractivity contribution is -0.123. The van der Waals surface area contributed by atoms with E-state index in [2.05, 4.69) is 34.5 Å². The van der Waals surface area contributed by atoms with Gasteiger partial charge in [-0.3, -0.25) is 24.8 Å². The maximum atomic E-state index is 12.0. The van der Waals surface area contributed by atoms with Crippen LogP contribution in [0.15, 0.2) is 105 Å². The molecule has 2 aromatic heterocycles. The van der Waals surface area contributed by atoms with E-state index in [1.807, 2.05) is 63.7 Å². The number of imide groups is 2. The van der Waals surface area contributed by atoms with Crippen LogP contribution in [0.1, 0.15) is 17.1 Å². The van der Waals surface area contributed by atoms with Crippen LogP contribution in [0, 0.1) is 0 Å². The summed E-state index contributed by atoms with van der Waals surface area (Å²) in [5.41, 5.74) is 1.82. The van der Waals surface area contributed by atoms with Gasteiger partial charge in [-0.1, -0.05) is 60.7 Å². The third-order valence-corrected chi connectivity index (χ3v) is 6.83. The molecule has 0 atom stereocenters. The number of barbiturate groups is 1. The number of carbonyl (C=O) groups excluding carboxylic acids is 3. The van der Waals surface area contributed by atoms with Crippen LogP contribution in [0.3, 0.4) is 0 Å². The molecule has 1 fully saturated rings. The Morgan fingerprint density at radius 3 is 2.37 bits per heavy atom. The average molecular weight is 522 g/mol. The SMILES string of the molecule is O=C1NC(=O)C(=Cc2ccc(Sc3nnc(Cc4cccc5ccccc45)n3-c3ccccc3)o2)C(=O)N1. The fourth-order valence-electron chi connectivity index (χ4n) is 4.24. The molecule has 10 heteroatoms. The van der Waals surface area contributed by atoms with Crippen molar-refractivity contribution in [2.24, 2.45) is 0 Å². The monoisotopic (exact) mass is 521 g/mol. The molecule has 0 radical (unpaired) electrons. The molecule has 1 saturated heterocycles. The van der Waals surface area contributed by atoms with Gasteiger partial charge in [-0.05, 0) is 58.4 Å². The predicted octanol–water partition coefficient (Wildman–Crippen LogP) is 4.50. The lowest BCUT2D eigenvalue weighted by Crippen LogP contribution is -2.51. The molecule has 186 valence electrons. The third kappa shape index (κ3) is 4.60. The number of benzene rings is 3. The highest BCUT2D eigenvalue weighted by Gasteiger charge is 2.28. The first-order chi connectivity index (χ1) is 18.5. The van der Waals surface area contributed by atoms with Gasteiger partial charge in [-0.2, -0.15) is 0 Å². The molecule has 4 amide bonds. The second-order valence-electron chi connectivity index (χ2n) is 8.44. The van der Waals surface area contributed by atoms with Crippen LogP contribution in [-0.2, 0) is 16.0 Å². The van der Waals surface area contributed by atoms with E-state index in [0.29, 0.717) is 16.7 Å². The van der Waals surface area contributed by atoms with Crippen LogP contribution in [-0.4, -0.2) is 32.6 Å². The number of hydrogen-bond acceptors (Lipinski definition) is 7. The number of aromatic nitrogens is 3. The van der Waals surface area contributed by atoms with Gasteiger partial charge in [0.1, 0.15) is 17.2 Å². The van der Waals surface area contributed by atoms with Crippen LogP contribution in [0.4, 0.5) is 4.79 Å². The van der Waals surface area contributed by atoms with Crippen molar-refractivity contribution in [3.05, 3.63) is 108 Å². The molecule has 3 aromatic carbocycles. The largest absolute Gasteiger partial charge is 0.450 e. The van der Waals surface area contributed by atoms with E-state index < -0.39 is 17.8 Å². The Kier molecular flexibility index (Phi) is 6.06. The zero-order valence-corrected chi connectivity index (χ0v) is 20.6. The van der Waals surface area contributed by atoms with Gasteiger partial charge in [-0.15, -0.1) is 10.2 Å². The Balaban J connectivity index is 1.33. The van der Waals surface area contributed by atoms with Crippen molar-refractivity contribution >= 4 is 46.5 Å². The fraction of sp³-hybridized carbons (Fsp3) is 0.0357. The number of nitrogens with zero attached hydrogens (tertiary/aromatic N) is 3. The van der Waals surface area contributed by atoms with Crippen molar-refractivity contribution in [2.75, 3.05) is 0 Å². The van der Waals surface area contributed by atoms with E-state index in [9.17, 15) is 14.4 Å². The van der Waals surface area contributed by atoms with Crippen molar-refractivity contribution < 1.29 is 18.8 Å². The number of urea groups is 1. The highest BCUT2D eigenvalue weighted by Crippen LogP contribution is 2.32. The quantitative estimate of drug-likeness (QED) is 0.249. The summed E-state index contributed by atoms with van der Waals surface area (Å²) >= 11 is 1.27. The van der Waals surface area contributed by atoms with E-state index in [1.165, 1.54) is 17.8 Å². The molecule has 0 aliphatic carbocycles. The Morgan fingerprint density at radius 1 is 0.816 bits per heavy atom. The first kappa shape index (κ1) is 23.4. The summed E-state index contributed by atoms with van der Waals surface area (Å²) in [6.07, 6.45) is 1.86. The first-order valence-electron chi connectivity index (χ1n) is 11.7. The fourth-order valence-corrected chi connectivity index (χ4v) is 5.08. The molecule has 5 aromatic rings. The molecule has 9 nitrogen and oxygen atoms in total.